The number of anilines is 1. The molecule has 35 heavy (non-hydrogen) atoms. The van der Waals surface area contributed by atoms with Crippen LogP contribution in [0, 0.1) is 0 Å². The molecule has 1 amide bonds. The number of aryl methyl sites for hydroxylation is 1. The highest BCUT2D eigenvalue weighted by molar-refractivity contribution is 5.93. The van der Waals surface area contributed by atoms with Gasteiger partial charge in [0.05, 0.1) is 12.2 Å². The van der Waals surface area contributed by atoms with Crippen molar-refractivity contribution in [2.45, 2.75) is 32.6 Å². The van der Waals surface area contributed by atoms with E-state index in [0.717, 1.165) is 29.5 Å². The molecule has 7 heteroatoms. The Morgan fingerprint density at radius 1 is 0.886 bits per heavy atom. The number of unbranched alkanes of at least 4 members (excludes halogenated alkanes) is 1. The van der Waals surface area contributed by atoms with Crippen LogP contribution in [-0.4, -0.2) is 28.6 Å². The van der Waals surface area contributed by atoms with Crippen LogP contribution in [0.25, 0.3) is 22.5 Å². The third-order valence-electron chi connectivity index (χ3n) is 5.42. The minimum Gasteiger partial charge on any atom is -0.462 e. The summed E-state index contributed by atoms with van der Waals surface area (Å²) in [6, 6.07) is 24.7. The van der Waals surface area contributed by atoms with E-state index in [4.69, 9.17) is 9.26 Å². The van der Waals surface area contributed by atoms with Gasteiger partial charge in [-0.25, -0.2) is 4.79 Å². The molecule has 0 aliphatic heterocycles. The van der Waals surface area contributed by atoms with Gasteiger partial charge in [-0.05, 0) is 41.8 Å². The Labute approximate surface area is 204 Å². The lowest BCUT2D eigenvalue weighted by molar-refractivity contribution is -0.116. The minimum absolute atomic E-state index is 0.185. The van der Waals surface area contributed by atoms with E-state index in [-0.39, 0.29) is 18.3 Å². The summed E-state index contributed by atoms with van der Waals surface area (Å²) in [7, 11) is 0. The predicted molar refractivity (Wildman–Crippen MR) is 134 cm³/mol. The van der Waals surface area contributed by atoms with Crippen LogP contribution < -0.4 is 5.32 Å². The van der Waals surface area contributed by atoms with E-state index < -0.39 is 0 Å². The molecule has 4 rings (SSSR count). The number of hydrogen-bond acceptors (Lipinski definition) is 6. The number of benzene rings is 3. The zero-order valence-electron chi connectivity index (χ0n) is 19.6. The molecule has 0 bridgehead atoms. The molecule has 0 saturated carbocycles. The fourth-order valence-electron chi connectivity index (χ4n) is 3.44. The molecule has 7 nitrogen and oxygen atoms in total. The van der Waals surface area contributed by atoms with Crippen molar-refractivity contribution in [3.05, 3.63) is 90.3 Å². The maximum atomic E-state index is 12.3. The summed E-state index contributed by atoms with van der Waals surface area (Å²) >= 11 is 0. The van der Waals surface area contributed by atoms with E-state index in [9.17, 15) is 9.59 Å². The summed E-state index contributed by atoms with van der Waals surface area (Å²) in [4.78, 5) is 28.7. The summed E-state index contributed by atoms with van der Waals surface area (Å²) in [6.07, 6.45) is 2.31. The standard InChI is InChI=1S/C28H27N3O4/c1-2-3-19-34-28(33)23-13-15-24(16-14-23)29-25(32)17-18-26-30-27(31-35-26)22-11-9-21(10-12-22)20-7-5-4-6-8-20/h4-16H,2-3,17-19H2,1H3,(H,29,32). The van der Waals surface area contributed by atoms with Gasteiger partial charge in [-0.3, -0.25) is 4.79 Å². The highest BCUT2D eigenvalue weighted by Gasteiger charge is 2.12. The molecule has 0 spiro atoms. The number of aromatic nitrogens is 2. The second-order valence-corrected chi connectivity index (χ2v) is 8.07. The summed E-state index contributed by atoms with van der Waals surface area (Å²) in [5, 5.41) is 6.85. The molecular formula is C28H27N3O4. The lowest BCUT2D eigenvalue weighted by atomic mass is 10.0. The Morgan fingerprint density at radius 3 is 2.29 bits per heavy atom. The first kappa shape index (κ1) is 23.9. The number of hydrogen-bond donors (Lipinski definition) is 1. The van der Waals surface area contributed by atoms with Crippen LogP contribution in [0.4, 0.5) is 5.69 Å². The zero-order valence-corrected chi connectivity index (χ0v) is 19.6. The molecule has 0 unspecified atom stereocenters. The molecule has 0 aliphatic rings. The van der Waals surface area contributed by atoms with Crippen molar-refractivity contribution in [1.29, 1.82) is 0 Å². The normalized spacial score (nSPS) is 10.7. The number of carbonyl (C=O) groups is 2. The van der Waals surface area contributed by atoms with Crippen molar-refractivity contribution in [2.24, 2.45) is 0 Å². The quantitative estimate of drug-likeness (QED) is 0.228. The first-order valence-corrected chi connectivity index (χ1v) is 11.7. The first-order chi connectivity index (χ1) is 17.1. The third-order valence-corrected chi connectivity index (χ3v) is 5.42. The Bertz CT molecular complexity index is 1250. The lowest BCUT2D eigenvalue weighted by Gasteiger charge is -2.06. The molecular weight excluding hydrogens is 442 g/mol. The SMILES string of the molecule is CCCCOC(=O)c1ccc(NC(=O)CCc2nc(-c3ccc(-c4ccccc4)cc3)no2)cc1. The van der Waals surface area contributed by atoms with Gasteiger partial charge in [0.2, 0.25) is 17.6 Å². The van der Waals surface area contributed by atoms with Gasteiger partial charge in [0.1, 0.15) is 0 Å². The Hall–Kier alpha value is -4.26. The number of esters is 1. The first-order valence-electron chi connectivity index (χ1n) is 11.7. The molecule has 0 radical (unpaired) electrons. The van der Waals surface area contributed by atoms with Crippen LogP contribution in [0.5, 0.6) is 0 Å². The number of carbonyl (C=O) groups excluding carboxylic acids is 2. The molecule has 3 aromatic carbocycles. The van der Waals surface area contributed by atoms with Gasteiger partial charge < -0.3 is 14.6 Å². The van der Waals surface area contributed by atoms with Crippen LogP contribution >= 0.6 is 0 Å². The van der Waals surface area contributed by atoms with Crippen molar-refractivity contribution in [2.75, 3.05) is 11.9 Å². The van der Waals surface area contributed by atoms with Crippen LogP contribution in [0.3, 0.4) is 0 Å². The van der Waals surface area contributed by atoms with E-state index in [1.165, 1.54) is 0 Å². The van der Waals surface area contributed by atoms with E-state index in [1.54, 1.807) is 24.3 Å². The van der Waals surface area contributed by atoms with Gasteiger partial charge in [-0.15, -0.1) is 0 Å². The number of rotatable bonds is 10. The van der Waals surface area contributed by atoms with Crippen LogP contribution in [0.1, 0.15) is 42.4 Å². The second kappa shape index (κ2) is 11.7. The highest BCUT2D eigenvalue weighted by atomic mass is 16.5. The van der Waals surface area contributed by atoms with Crippen LogP contribution in [0.2, 0.25) is 0 Å². The fraction of sp³-hybridized carbons (Fsp3) is 0.214. The van der Waals surface area contributed by atoms with Crippen molar-refractivity contribution < 1.29 is 18.8 Å². The van der Waals surface area contributed by atoms with Gasteiger partial charge in [0.25, 0.3) is 0 Å². The van der Waals surface area contributed by atoms with Crippen molar-refractivity contribution in [1.82, 2.24) is 10.1 Å². The molecule has 0 fully saturated rings. The number of nitrogens with zero attached hydrogens (tertiary/aromatic N) is 2. The summed E-state index contributed by atoms with van der Waals surface area (Å²) < 4.78 is 10.5. The average Bonchev–Trinajstić information content (AvgIpc) is 3.38. The molecule has 178 valence electrons. The zero-order chi connectivity index (χ0) is 24.5. The molecule has 0 aliphatic carbocycles. The molecule has 1 N–H and O–H groups in total. The highest BCUT2D eigenvalue weighted by Crippen LogP contribution is 2.23. The minimum atomic E-state index is -0.363. The van der Waals surface area contributed by atoms with Crippen LogP contribution in [0.15, 0.2) is 83.4 Å². The Balaban J connectivity index is 1.27. The fourth-order valence-corrected chi connectivity index (χ4v) is 3.44. The van der Waals surface area contributed by atoms with Crippen molar-refractivity contribution in [3.63, 3.8) is 0 Å². The van der Waals surface area contributed by atoms with Gasteiger partial charge in [0, 0.05) is 24.1 Å². The van der Waals surface area contributed by atoms with E-state index in [1.807, 2.05) is 49.4 Å². The largest absolute Gasteiger partial charge is 0.462 e. The summed E-state index contributed by atoms with van der Waals surface area (Å²) in [5.74, 6) is 0.336. The maximum Gasteiger partial charge on any atom is 0.338 e. The van der Waals surface area contributed by atoms with Crippen molar-refractivity contribution in [3.8, 4) is 22.5 Å². The maximum absolute atomic E-state index is 12.3. The van der Waals surface area contributed by atoms with E-state index in [2.05, 4.69) is 27.6 Å². The summed E-state index contributed by atoms with van der Waals surface area (Å²) in [6.45, 7) is 2.44. The van der Waals surface area contributed by atoms with Gasteiger partial charge >= 0.3 is 5.97 Å². The van der Waals surface area contributed by atoms with Crippen LogP contribution in [-0.2, 0) is 16.0 Å². The third kappa shape index (κ3) is 6.63. The molecule has 1 aromatic heterocycles. The number of nitrogens with one attached hydrogen (secondary N) is 1. The predicted octanol–water partition coefficient (Wildman–Crippen LogP) is 5.93. The Morgan fingerprint density at radius 2 is 1.57 bits per heavy atom. The molecule has 4 aromatic rings. The van der Waals surface area contributed by atoms with Gasteiger partial charge in [-0.1, -0.05) is 73.1 Å². The molecule has 1 heterocycles. The van der Waals surface area contributed by atoms with Gasteiger partial charge in [-0.2, -0.15) is 4.98 Å². The second-order valence-electron chi connectivity index (χ2n) is 8.07. The van der Waals surface area contributed by atoms with Gasteiger partial charge in [0.15, 0.2) is 0 Å². The number of ether oxygens (including phenoxy) is 1. The smallest absolute Gasteiger partial charge is 0.338 e. The van der Waals surface area contributed by atoms with Crippen molar-refractivity contribution >= 4 is 17.6 Å². The topological polar surface area (TPSA) is 94.3 Å². The van der Waals surface area contributed by atoms with E-state index in [0.29, 0.717) is 36.0 Å². The number of amides is 1. The Kier molecular flexibility index (Phi) is 8.01. The molecule has 0 atom stereocenters. The average molecular weight is 470 g/mol. The monoisotopic (exact) mass is 469 g/mol. The lowest BCUT2D eigenvalue weighted by Crippen LogP contribution is -2.13. The van der Waals surface area contributed by atoms with E-state index >= 15 is 0 Å². The molecule has 0 saturated heterocycles. The summed E-state index contributed by atoms with van der Waals surface area (Å²) in [5.41, 5.74) is 4.15.